The zero-order valence-electron chi connectivity index (χ0n) is 19.9. The summed E-state index contributed by atoms with van der Waals surface area (Å²) >= 11 is 0. The maximum absolute atomic E-state index is 6.34. The van der Waals surface area contributed by atoms with Gasteiger partial charge in [0, 0.05) is 23.2 Å². The Labute approximate surface area is 206 Å². The molecule has 1 aliphatic rings. The average Bonchev–Trinajstić information content (AvgIpc) is 2.91. The van der Waals surface area contributed by atoms with Gasteiger partial charge in [0.05, 0.1) is 11.4 Å². The average molecular weight is 457 g/mol. The summed E-state index contributed by atoms with van der Waals surface area (Å²) in [5, 5.41) is 2.38. The number of benzene rings is 5. The third-order valence-electron chi connectivity index (χ3n) is 6.85. The van der Waals surface area contributed by atoms with Crippen LogP contribution in [0.3, 0.4) is 0 Å². The van der Waals surface area contributed by atoms with Crippen molar-refractivity contribution in [2.24, 2.45) is 0 Å². The van der Waals surface area contributed by atoms with Crippen LogP contribution in [0.4, 0.5) is 17.1 Å². The normalized spacial score (nSPS) is 11.7. The zero-order chi connectivity index (χ0) is 23.8. The lowest BCUT2D eigenvalue weighted by Gasteiger charge is -2.26. The van der Waals surface area contributed by atoms with Crippen molar-refractivity contribution in [3.63, 3.8) is 0 Å². The number of nitrogen functional groups attached to an aromatic ring is 1. The van der Waals surface area contributed by atoms with Crippen molar-refractivity contribution >= 4 is 27.8 Å². The van der Waals surface area contributed by atoms with Gasteiger partial charge in [-0.15, -0.1) is 0 Å². The van der Waals surface area contributed by atoms with E-state index in [9.17, 15) is 0 Å². The van der Waals surface area contributed by atoms with Crippen LogP contribution in [0, 0.1) is 0 Å². The van der Waals surface area contributed by atoms with Crippen molar-refractivity contribution in [1.82, 2.24) is 0 Å². The third kappa shape index (κ3) is 3.70. The summed E-state index contributed by atoms with van der Waals surface area (Å²) in [5.74, 6) is 1.83. The molecular formula is C32H28N2O. The molecule has 0 fully saturated rings. The Morgan fingerprint density at radius 2 is 1.46 bits per heavy atom. The van der Waals surface area contributed by atoms with Gasteiger partial charge in [-0.25, -0.2) is 0 Å². The number of rotatable bonds is 6. The third-order valence-corrected chi connectivity index (χ3v) is 6.85. The molecule has 5 aromatic rings. The van der Waals surface area contributed by atoms with E-state index in [2.05, 4.69) is 90.7 Å². The van der Waals surface area contributed by atoms with E-state index in [1.807, 2.05) is 24.3 Å². The van der Waals surface area contributed by atoms with Gasteiger partial charge in [0.25, 0.3) is 0 Å². The number of anilines is 3. The molecule has 0 amide bonds. The molecule has 0 atom stereocenters. The van der Waals surface area contributed by atoms with Crippen LogP contribution in [0.1, 0.15) is 19.8 Å². The van der Waals surface area contributed by atoms with Crippen molar-refractivity contribution in [2.75, 3.05) is 17.2 Å². The maximum atomic E-state index is 6.34. The highest BCUT2D eigenvalue weighted by molar-refractivity contribution is 6.09. The summed E-state index contributed by atoms with van der Waals surface area (Å²) < 4.78 is 6.27. The van der Waals surface area contributed by atoms with Crippen LogP contribution in [0.25, 0.3) is 33.0 Å². The first-order chi connectivity index (χ1) is 17.2. The molecule has 1 aliphatic heterocycles. The second-order valence-corrected chi connectivity index (χ2v) is 9.05. The van der Waals surface area contributed by atoms with E-state index in [0.29, 0.717) is 0 Å². The largest absolute Gasteiger partial charge is 0.456 e. The highest BCUT2D eigenvalue weighted by atomic mass is 16.5. The van der Waals surface area contributed by atoms with Gasteiger partial charge < -0.3 is 15.4 Å². The van der Waals surface area contributed by atoms with E-state index in [1.54, 1.807) is 0 Å². The number of hydrogen-bond acceptors (Lipinski definition) is 3. The first-order valence-corrected chi connectivity index (χ1v) is 12.3. The maximum Gasteiger partial charge on any atom is 0.135 e. The fourth-order valence-electron chi connectivity index (χ4n) is 5.09. The first-order valence-electron chi connectivity index (χ1n) is 12.3. The lowest BCUT2D eigenvalue weighted by Crippen LogP contribution is -2.19. The van der Waals surface area contributed by atoms with Gasteiger partial charge in [-0.2, -0.15) is 0 Å². The Morgan fingerprint density at radius 3 is 2.29 bits per heavy atom. The van der Waals surface area contributed by atoms with E-state index in [1.165, 1.54) is 27.5 Å². The molecule has 0 aliphatic carbocycles. The van der Waals surface area contributed by atoms with Crippen LogP contribution < -0.4 is 15.4 Å². The molecule has 0 spiro atoms. The number of nitrogens with zero attached hydrogens (tertiary/aromatic N) is 1. The fraction of sp³-hybridized carbons (Fsp3) is 0.125. The number of ether oxygens (including phenoxy) is 1. The highest BCUT2D eigenvalue weighted by Crippen LogP contribution is 2.48. The van der Waals surface area contributed by atoms with Crippen LogP contribution in [0.2, 0.25) is 0 Å². The molecule has 0 saturated heterocycles. The first kappa shape index (κ1) is 21.3. The summed E-state index contributed by atoms with van der Waals surface area (Å²) in [6, 6.07) is 36.0. The molecule has 35 heavy (non-hydrogen) atoms. The van der Waals surface area contributed by atoms with Crippen LogP contribution in [0.15, 0.2) is 103 Å². The summed E-state index contributed by atoms with van der Waals surface area (Å²) in [7, 11) is 0. The molecule has 0 radical (unpaired) electrons. The molecular weight excluding hydrogens is 428 g/mol. The lowest BCUT2D eigenvalue weighted by atomic mass is 9.90. The van der Waals surface area contributed by atoms with E-state index in [4.69, 9.17) is 10.5 Å². The van der Waals surface area contributed by atoms with Crippen molar-refractivity contribution < 1.29 is 4.74 Å². The van der Waals surface area contributed by atoms with Crippen LogP contribution in [-0.2, 0) is 0 Å². The molecule has 3 nitrogen and oxygen atoms in total. The van der Waals surface area contributed by atoms with E-state index >= 15 is 0 Å². The van der Waals surface area contributed by atoms with Gasteiger partial charge in [0.2, 0.25) is 0 Å². The summed E-state index contributed by atoms with van der Waals surface area (Å²) in [4.78, 5) is 2.32. The number of hydrogen-bond donors (Lipinski definition) is 1. The van der Waals surface area contributed by atoms with Gasteiger partial charge >= 0.3 is 0 Å². The Hall–Kier alpha value is -4.24. The molecule has 1 heterocycles. The molecule has 3 heteroatoms. The van der Waals surface area contributed by atoms with Crippen molar-refractivity contribution in [2.45, 2.75) is 19.8 Å². The smallest absolute Gasteiger partial charge is 0.135 e. The lowest BCUT2D eigenvalue weighted by molar-refractivity contribution is 0.487. The van der Waals surface area contributed by atoms with E-state index < -0.39 is 0 Å². The van der Waals surface area contributed by atoms with Crippen molar-refractivity contribution in [3.8, 4) is 33.8 Å². The van der Waals surface area contributed by atoms with E-state index in [-0.39, 0.29) is 0 Å². The van der Waals surface area contributed by atoms with Crippen molar-refractivity contribution in [3.05, 3.63) is 103 Å². The summed E-state index contributed by atoms with van der Waals surface area (Å²) in [6.07, 6.45) is 2.24. The second kappa shape index (κ2) is 8.84. The monoisotopic (exact) mass is 456 g/mol. The molecule has 0 saturated carbocycles. The van der Waals surface area contributed by atoms with Crippen LogP contribution in [-0.4, -0.2) is 6.54 Å². The quantitative estimate of drug-likeness (QED) is 0.254. The topological polar surface area (TPSA) is 38.5 Å². The minimum Gasteiger partial charge on any atom is -0.456 e. The Kier molecular flexibility index (Phi) is 5.38. The minimum absolute atomic E-state index is 0.802. The van der Waals surface area contributed by atoms with Gasteiger partial charge in [-0.05, 0) is 64.9 Å². The summed E-state index contributed by atoms with van der Waals surface area (Å²) in [6.45, 7) is 3.15. The highest BCUT2D eigenvalue weighted by Gasteiger charge is 2.21. The van der Waals surface area contributed by atoms with Crippen molar-refractivity contribution in [1.29, 1.82) is 0 Å². The molecule has 0 bridgehead atoms. The molecule has 2 N–H and O–H groups in total. The fourth-order valence-corrected chi connectivity index (χ4v) is 5.09. The van der Waals surface area contributed by atoms with E-state index in [0.717, 1.165) is 53.5 Å². The molecule has 0 unspecified atom stereocenters. The molecule has 172 valence electrons. The summed E-state index contributed by atoms with van der Waals surface area (Å²) in [5.41, 5.74) is 14.1. The zero-order valence-corrected chi connectivity index (χ0v) is 19.9. The molecule has 6 rings (SSSR count). The number of unbranched alkanes of at least 4 members (excludes halogenated alkanes) is 1. The number of para-hydroxylation sites is 3. The number of fused-ring (bicyclic) bond motifs is 2. The van der Waals surface area contributed by atoms with Gasteiger partial charge in [0.15, 0.2) is 0 Å². The predicted octanol–water partition coefficient (Wildman–Crippen LogP) is 8.80. The number of nitrogens with two attached hydrogens (primary N) is 1. The molecule has 0 aromatic heterocycles. The van der Waals surface area contributed by atoms with Gasteiger partial charge in [-0.1, -0.05) is 80.1 Å². The van der Waals surface area contributed by atoms with Gasteiger partial charge in [0.1, 0.15) is 11.5 Å². The van der Waals surface area contributed by atoms with Gasteiger partial charge in [-0.3, -0.25) is 0 Å². The van der Waals surface area contributed by atoms with Crippen LogP contribution >= 0.6 is 0 Å². The SMILES string of the molecule is CCCCN(c1ccc(-c2ccc3c4c(cccc24)-c2ccccc2O3)cc1)c1ccccc1N. The second-order valence-electron chi connectivity index (χ2n) is 9.05. The Bertz CT molecular complexity index is 1520. The standard InChI is InChI=1S/C32H28N2O/c1-2-3-21-34(29-13-6-5-12-28(29)33)23-17-15-22(16-18-23)24-19-20-31-32-26(24)10-8-11-27(32)25-9-4-7-14-30(25)35-31/h4-20H,2-3,21,33H2,1H3. The Morgan fingerprint density at radius 1 is 0.686 bits per heavy atom. The minimum atomic E-state index is 0.802. The predicted molar refractivity (Wildman–Crippen MR) is 148 cm³/mol. The molecule has 5 aromatic carbocycles. The Balaban J connectivity index is 1.42. The van der Waals surface area contributed by atoms with Crippen LogP contribution in [0.5, 0.6) is 11.5 Å².